The first-order valence-electron chi connectivity index (χ1n) is 4.74. The number of pyridine rings is 1. The van der Waals surface area contributed by atoms with Crippen molar-refractivity contribution in [1.82, 2.24) is 4.98 Å². The maximum atomic E-state index is 13.2. The number of phenolic OH excluding ortho intramolecular Hbond substituents is 1. The van der Waals surface area contributed by atoms with Gasteiger partial charge in [-0.05, 0) is 36.8 Å². The van der Waals surface area contributed by atoms with Crippen LogP contribution >= 0.6 is 0 Å². The van der Waals surface area contributed by atoms with Crippen LogP contribution in [0.25, 0.3) is 0 Å². The van der Waals surface area contributed by atoms with E-state index in [1.165, 1.54) is 24.4 Å². The van der Waals surface area contributed by atoms with Gasteiger partial charge in [0, 0.05) is 12.3 Å². The molecule has 0 aliphatic rings. The first kappa shape index (κ1) is 10.4. The molecule has 0 atom stereocenters. The molecule has 82 valence electrons. The Morgan fingerprint density at radius 1 is 1.31 bits per heavy atom. The zero-order valence-electron chi connectivity index (χ0n) is 8.64. The molecule has 0 aliphatic heterocycles. The van der Waals surface area contributed by atoms with E-state index in [2.05, 4.69) is 4.98 Å². The van der Waals surface area contributed by atoms with E-state index in [-0.39, 0.29) is 11.6 Å². The van der Waals surface area contributed by atoms with E-state index in [0.717, 1.165) is 5.56 Å². The number of nitrogens with zero attached hydrogens (tertiary/aromatic N) is 1. The summed E-state index contributed by atoms with van der Waals surface area (Å²) in [7, 11) is 0. The van der Waals surface area contributed by atoms with Gasteiger partial charge in [0.15, 0.2) is 5.82 Å². The Labute approximate surface area is 92.1 Å². The summed E-state index contributed by atoms with van der Waals surface area (Å²) in [6, 6.07) is 7.42. The van der Waals surface area contributed by atoms with E-state index < -0.39 is 5.82 Å². The fraction of sp³-hybridized carbons (Fsp3) is 0.0833. The molecule has 0 unspecified atom stereocenters. The van der Waals surface area contributed by atoms with E-state index in [1.807, 2.05) is 0 Å². The van der Waals surface area contributed by atoms with Gasteiger partial charge in [0.05, 0.1) is 0 Å². The van der Waals surface area contributed by atoms with Crippen molar-refractivity contribution in [2.24, 2.45) is 0 Å². The van der Waals surface area contributed by atoms with E-state index in [1.54, 1.807) is 19.1 Å². The van der Waals surface area contributed by atoms with Crippen molar-refractivity contribution in [2.45, 2.75) is 6.92 Å². The second kappa shape index (κ2) is 4.18. The molecule has 0 saturated carbocycles. The van der Waals surface area contributed by atoms with Crippen LogP contribution in [0.3, 0.4) is 0 Å². The van der Waals surface area contributed by atoms with Crippen molar-refractivity contribution in [3.8, 4) is 17.4 Å². The van der Waals surface area contributed by atoms with Gasteiger partial charge in [0.2, 0.25) is 0 Å². The molecule has 4 heteroatoms. The molecule has 0 amide bonds. The summed E-state index contributed by atoms with van der Waals surface area (Å²) in [5.74, 6) is -0.211. The average Bonchev–Trinajstić information content (AvgIpc) is 2.20. The van der Waals surface area contributed by atoms with Crippen LogP contribution in [-0.4, -0.2) is 10.1 Å². The van der Waals surface area contributed by atoms with Crippen LogP contribution in [0.2, 0.25) is 0 Å². The minimum absolute atomic E-state index is 0.0753. The lowest BCUT2D eigenvalue weighted by Crippen LogP contribution is -1.91. The van der Waals surface area contributed by atoms with Gasteiger partial charge in [-0.2, -0.15) is 0 Å². The molecule has 1 N–H and O–H groups in total. The highest BCUT2D eigenvalue weighted by molar-refractivity contribution is 5.38. The van der Waals surface area contributed by atoms with E-state index >= 15 is 0 Å². The van der Waals surface area contributed by atoms with Gasteiger partial charge in [0.1, 0.15) is 11.5 Å². The van der Waals surface area contributed by atoms with Crippen LogP contribution < -0.4 is 4.74 Å². The summed E-state index contributed by atoms with van der Waals surface area (Å²) in [5, 5.41) is 9.35. The monoisotopic (exact) mass is 219 g/mol. The van der Waals surface area contributed by atoms with Gasteiger partial charge < -0.3 is 9.84 Å². The van der Waals surface area contributed by atoms with Gasteiger partial charge in [-0.3, -0.25) is 0 Å². The highest BCUT2D eigenvalue weighted by atomic mass is 19.1. The van der Waals surface area contributed by atoms with Gasteiger partial charge in [-0.1, -0.05) is 0 Å². The first-order valence-corrected chi connectivity index (χ1v) is 4.74. The number of hydrogen-bond acceptors (Lipinski definition) is 3. The summed E-state index contributed by atoms with van der Waals surface area (Å²) >= 11 is 0. The molecule has 0 aliphatic carbocycles. The van der Waals surface area contributed by atoms with Crippen LogP contribution in [0.15, 0.2) is 36.5 Å². The number of benzene rings is 1. The smallest absolute Gasteiger partial charge is 0.255 e. The zero-order chi connectivity index (χ0) is 11.5. The Balaban J connectivity index is 2.30. The first-order chi connectivity index (χ1) is 7.65. The van der Waals surface area contributed by atoms with Crippen molar-refractivity contribution >= 4 is 0 Å². The quantitative estimate of drug-likeness (QED) is 0.844. The van der Waals surface area contributed by atoms with Gasteiger partial charge in [0.25, 0.3) is 5.88 Å². The lowest BCUT2D eigenvalue weighted by molar-refractivity contribution is 0.415. The number of hydrogen-bond donors (Lipinski definition) is 1. The summed E-state index contributed by atoms with van der Waals surface area (Å²) in [4.78, 5) is 3.75. The molecular weight excluding hydrogens is 209 g/mol. The molecule has 2 rings (SSSR count). The van der Waals surface area contributed by atoms with Crippen LogP contribution in [-0.2, 0) is 0 Å². The van der Waals surface area contributed by atoms with Crippen LogP contribution in [0.1, 0.15) is 5.56 Å². The Kier molecular flexibility index (Phi) is 2.72. The predicted octanol–water partition coefficient (Wildman–Crippen LogP) is 3.03. The van der Waals surface area contributed by atoms with E-state index in [4.69, 9.17) is 4.74 Å². The lowest BCUT2D eigenvalue weighted by atomic mass is 10.2. The molecule has 3 nitrogen and oxygen atoms in total. The molecule has 0 radical (unpaired) electrons. The molecule has 0 bridgehead atoms. The van der Waals surface area contributed by atoms with Crippen LogP contribution in [0.5, 0.6) is 17.4 Å². The minimum atomic E-state index is -0.538. The number of halogens is 1. The number of aromatic hydroxyl groups is 1. The highest BCUT2D eigenvalue weighted by Gasteiger charge is 2.06. The summed E-state index contributed by atoms with van der Waals surface area (Å²) < 4.78 is 18.5. The number of ether oxygens (including phenoxy) is 1. The van der Waals surface area contributed by atoms with Gasteiger partial charge >= 0.3 is 0 Å². The maximum absolute atomic E-state index is 13.2. The second-order valence-electron chi connectivity index (χ2n) is 3.40. The Morgan fingerprint density at radius 3 is 2.81 bits per heavy atom. The normalized spacial score (nSPS) is 10.1. The van der Waals surface area contributed by atoms with Crippen molar-refractivity contribution in [1.29, 1.82) is 0 Å². The molecule has 1 aromatic carbocycles. The van der Waals surface area contributed by atoms with E-state index in [0.29, 0.717) is 5.75 Å². The molecular formula is C12H10FNO2. The van der Waals surface area contributed by atoms with E-state index in [9.17, 15) is 9.50 Å². The zero-order valence-corrected chi connectivity index (χ0v) is 8.64. The highest BCUT2D eigenvalue weighted by Crippen LogP contribution is 2.26. The van der Waals surface area contributed by atoms with Crippen molar-refractivity contribution < 1.29 is 14.2 Å². The molecule has 1 aromatic heterocycles. The lowest BCUT2D eigenvalue weighted by Gasteiger charge is -2.06. The molecule has 2 aromatic rings. The Morgan fingerprint density at radius 2 is 2.12 bits per heavy atom. The predicted molar refractivity (Wildman–Crippen MR) is 57.1 cm³/mol. The molecule has 1 heterocycles. The second-order valence-corrected chi connectivity index (χ2v) is 3.40. The van der Waals surface area contributed by atoms with Crippen LogP contribution in [0.4, 0.5) is 4.39 Å². The topological polar surface area (TPSA) is 42.4 Å². The van der Waals surface area contributed by atoms with Crippen molar-refractivity contribution in [3.63, 3.8) is 0 Å². The van der Waals surface area contributed by atoms with Gasteiger partial charge in [-0.25, -0.2) is 9.37 Å². The standard InChI is InChI=1S/C12H10FNO2/c1-8-5-9(15)7-10(6-8)16-12-11(13)3-2-4-14-12/h2-7,15H,1H3. The summed E-state index contributed by atoms with van der Waals surface area (Å²) in [6.07, 6.45) is 1.44. The summed E-state index contributed by atoms with van der Waals surface area (Å²) in [6.45, 7) is 1.81. The number of aromatic nitrogens is 1. The molecule has 0 spiro atoms. The SMILES string of the molecule is Cc1cc(O)cc(Oc2ncccc2F)c1. The molecule has 0 fully saturated rings. The maximum Gasteiger partial charge on any atom is 0.255 e. The number of aryl methyl sites for hydroxylation is 1. The summed E-state index contributed by atoms with van der Waals surface area (Å²) in [5.41, 5.74) is 0.825. The molecule has 0 saturated heterocycles. The third-order valence-corrected chi connectivity index (χ3v) is 1.97. The number of rotatable bonds is 2. The fourth-order valence-electron chi connectivity index (χ4n) is 1.35. The fourth-order valence-corrected chi connectivity index (χ4v) is 1.35. The largest absolute Gasteiger partial charge is 0.508 e. The van der Waals surface area contributed by atoms with Crippen LogP contribution in [0, 0.1) is 12.7 Å². The molecule has 16 heavy (non-hydrogen) atoms. The number of phenols is 1. The van der Waals surface area contributed by atoms with Gasteiger partial charge in [-0.15, -0.1) is 0 Å². The average molecular weight is 219 g/mol. The Bertz CT molecular complexity index is 494. The Hall–Kier alpha value is -2.10. The van der Waals surface area contributed by atoms with Crippen molar-refractivity contribution in [3.05, 3.63) is 47.9 Å². The minimum Gasteiger partial charge on any atom is -0.508 e. The van der Waals surface area contributed by atoms with Crippen molar-refractivity contribution in [2.75, 3.05) is 0 Å². The third kappa shape index (κ3) is 2.28. The third-order valence-electron chi connectivity index (χ3n) is 1.97.